The predicted octanol–water partition coefficient (Wildman–Crippen LogP) is 1.94. The van der Waals surface area contributed by atoms with Crippen LogP contribution in [0, 0.1) is 11.8 Å². The van der Waals surface area contributed by atoms with Crippen LogP contribution in [0.2, 0.25) is 0 Å². The van der Waals surface area contributed by atoms with Crippen LogP contribution in [0.3, 0.4) is 0 Å². The molecule has 1 heterocycles. The Hall–Kier alpha value is -1.26. The van der Waals surface area contributed by atoms with Crippen LogP contribution in [0.5, 0.6) is 0 Å². The van der Waals surface area contributed by atoms with E-state index in [1.165, 1.54) is 25.7 Å². The lowest BCUT2D eigenvalue weighted by molar-refractivity contribution is -0.130. The summed E-state index contributed by atoms with van der Waals surface area (Å²) >= 11 is 0. The second kappa shape index (κ2) is 8.39. The van der Waals surface area contributed by atoms with E-state index in [4.69, 9.17) is 4.99 Å². The quantitative estimate of drug-likeness (QED) is 0.640. The zero-order valence-corrected chi connectivity index (χ0v) is 14.5. The number of carbonyl (C=O) groups excluding carboxylic acids is 1. The fourth-order valence-electron chi connectivity index (χ4n) is 3.39. The third-order valence-electron chi connectivity index (χ3n) is 4.99. The van der Waals surface area contributed by atoms with E-state index in [-0.39, 0.29) is 5.91 Å². The summed E-state index contributed by atoms with van der Waals surface area (Å²) in [4.78, 5) is 20.5. The summed E-state index contributed by atoms with van der Waals surface area (Å²) in [5.41, 5.74) is 0. The van der Waals surface area contributed by atoms with Gasteiger partial charge in [-0.2, -0.15) is 0 Å². The van der Waals surface area contributed by atoms with Gasteiger partial charge in [0.15, 0.2) is 5.96 Å². The summed E-state index contributed by atoms with van der Waals surface area (Å²) in [7, 11) is 0. The third kappa shape index (κ3) is 4.89. The number of aliphatic imine (C=N–C) groups is 1. The highest BCUT2D eigenvalue weighted by molar-refractivity contribution is 5.80. The molecule has 0 spiro atoms. The van der Waals surface area contributed by atoms with Crippen molar-refractivity contribution in [2.24, 2.45) is 16.8 Å². The minimum Gasteiger partial charge on any atom is -0.357 e. The lowest BCUT2D eigenvalue weighted by atomic mass is 9.83. The molecule has 1 N–H and O–H groups in total. The molecule has 0 aromatic carbocycles. The highest BCUT2D eigenvalue weighted by Crippen LogP contribution is 2.28. The second-order valence-electron chi connectivity index (χ2n) is 6.81. The maximum absolute atomic E-state index is 11.4. The van der Waals surface area contributed by atoms with E-state index < -0.39 is 0 Å². The smallest absolute Gasteiger partial charge is 0.219 e. The molecule has 0 aromatic heterocycles. The first kappa shape index (κ1) is 17.1. The van der Waals surface area contributed by atoms with E-state index >= 15 is 0 Å². The minimum atomic E-state index is 0.179. The summed E-state index contributed by atoms with van der Waals surface area (Å²) in [6, 6.07) is 0. The van der Waals surface area contributed by atoms with E-state index in [2.05, 4.69) is 24.1 Å². The first-order valence-corrected chi connectivity index (χ1v) is 8.89. The van der Waals surface area contributed by atoms with Crippen molar-refractivity contribution in [3.05, 3.63) is 0 Å². The molecule has 126 valence electrons. The van der Waals surface area contributed by atoms with Gasteiger partial charge in [0.2, 0.25) is 5.91 Å². The lowest BCUT2D eigenvalue weighted by Crippen LogP contribution is -2.53. The number of hydrogen-bond donors (Lipinski definition) is 1. The van der Waals surface area contributed by atoms with E-state index in [0.717, 1.165) is 57.1 Å². The van der Waals surface area contributed by atoms with Gasteiger partial charge in [-0.05, 0) is 31.6 Å². The Balaban J connectivity index is 1.86. The molecule has 1 aliphatic carbocycles. The van der Waals surface area contributed by atoms with Crippen LogP contribution in [0.15, 0.2) is 4.99 Å². The SMILES string of the molecule is CCNC(=NCC1CCC(C)CC1)N1CCN(C(C)=O)CC1. The predicted molar refractivity (Wildman–Crippen MR) is 90.9 cm³/mol. The number of guanidine groups is 1. The number of rotatable bonds is 3. The Morgan fingerprint density at radius 3 is 2.23 bits per heavy atom. The Kier molecular flexibility index (Phi) is 6.52. The van der Waals surface area contributed by atoms with Gasteiger partial charge < -0.3 is 15.1 Å². The largest absolute Gasteiger partial charge is 0.357 e. The molecular formula is C17H32N4O. The van der Waals surface area contributed by atoms with Crippen molar-refractivity contribution in [3.63, 3.8) is 0 Å². The molecule has 0 radical (unpaired) electrons. The molecule has 0 unspecified atom stereocenters. The second-order valence-corrected chi connectivity index (χ2v) is 6.81. The third-order valence-corrected chi connectivity index (χ3v) is 4.99. The molecule has 0 aromatic rings. The highest BCUT2D eigenvalue weighted by atomic mass is 16.2. The number of hydrogen-bond acceptors (Lipinski definition) is 2. The number of nitrogens with one attached hydrogen (secondary N) is 1. The molecule has 0 bridgehead atoms. The summed E-state index contributed by atoms with van der Waals surface area (Å²) < 4.78 is 0. The number of carbonyl (C=O) groups is 1. The standard InChI is InChI=1S/C17H32N4O/c1-4-18-17(19-13-16-7-5-14(2)6-8-16)21-11-9-20(10-12-21)15(3)22/h14,16H,4-13H2,1-3H3,(H,18,19). The molecule has 2 rings (SSSR count). The molecule has 5 heteroatoms. The average Bonchev–Trinajstić information content (AvgIpc) is 2.53. The van der Waals surface area contributed by atoms with Crippen molar-refractivity contribution in [3.8, 4) is 0 Å². The van der Waals surface area contributed by atoms with Gasteiger partial charge in [-0.25, -0.2) is 0 Å². The van der Waals surface area contributed by atoms with Crippen LogP contribution in [0.4, 0.5) is 0 Å². The summed E-state index contributed by atoms with van der Waals surface area (Å²) in [6.07, 6.45) is 5.35. The van der Waals surface area contributed by atoms with Crippen LogP contribution < -0.4 is 5.32 Å². The van der Waals surface area contributed by atoms with E-state index in [1.54, 1.807) is 6.92 Å². The molecular weight excluding hydrogens is 276 g/mol. The molecule has 22 heavy (non-hydrogen) atoms. The molecule has 1 amide bonds. The highest BCUT2D eigenvalue weighted by Gasteiger charge is 2.22. The van der Waals surface area contributed by atoms with Crippen molar-refractivity contribution in [1.82, 2.24) is 15.1 Å². The fourth-order valence-corrected chi connectivity index (χ4v) is 3.39. The van der Waals surface area contributed by atoms with Crippen molar-refractivity contribution < 1.29 is 4.79 Å². The first-order chi connectivity index (χ1) is 10.6. The van der Waals surface area contributed by atoms with Crippen LogP contribution in [0.1, 0.15) is 46.5 Å². The number of amides is 1. The molecule has 0 atom stereocenters. The van der Waals surface area contributed by atoms with Gasteiger partial charge in [0, 0.05) is 46.2 Å². The molecule has 1 saturated carbocycles. The van der Waals surface area contributed by atoms with Gasteiger partial charge in [0.1, 0.15) is 0 Å². The maximum Gasteiger partial charge on any atom is 0.219 e. The van der Waals surface area contributed by atoms with E-state index in [9.17, 15) is 4.79 Å². The Morgan fingerprint density at radius 2 is 1.68 bits per heavy atom. The van der Waals surface area contributed by atoms with Gasteiger partial charge in [0.25, 0.3) is 0 Å². The zero-order valence-electron chi connectivity index (χ0n) is 14.5. The average molecular weight is 308 g/mol. The van der Waals surface area contributed by atoms with Gasteiger partial charge in [0.05, 0.1) is 0 Å². The van der Waals surface area contributed by atoms with Gasteiger partial charge in [-0.1, -0.05) is 19.8 Å². The van der Waals surface area contributed by atoms with Crippen molar-refractivity contribution in [2.45, 2.75) is 46.5 Å². The van der Waals surface area contributed by atoms with E-state index in [0.29, 0.717) is 0 Å². The molecule has 5 nitrogen and oxygen atoms in total. The number of nitrogens with zero attached hydrogens (tertiary/aromatic N) is 3. The summed E-state index contributed by atoms with van der Waals surface area (Å²) in [5.74, 6) is 2.86. The molecule has 2 fully saturated rings. The van der Waals surface area contributed by atoms with Crippen LogP contribution in [0.25, 0.3) is 0 Å². The Labute approximate surface area is 135 Å². The first-order valence-electron chi connectivity index (χ1n) is 8.89. The minimum absolute atomic E-state index is 0.179. The molecule has 1 aliphatic heterocycles. The normalized spacial score (nSPS) is 27.0. The fraction of sp³-hybridized carbons (Fsp3) is 0.882. The van der Waals surface area contributed by atoms with E-state index in [1.807, 2.05) is 4.90 Å². The Morgan fingerprint density at radius 1 is 1.09 bits per heavy atom. The zero-order chi connectivity index (χ0) is 15.9. The Bertz CT molecular complexity index is 380. The van der Waals surface area contributed by atoms with Crippen molar-refractivity contribution in [1.29, 1.82) is 0 Å². The maximum atomic E-state index is 11.4. The van der Waals surface area contributed by atoms with Crippen molar-refractivity contribution >= 4 is 11.9 Å². The summed E-state index contributed by atoms with van der Waals surface area (Å²) in [5, 5.41) is 3.42. The van der Waals surface area contributed by atoms with Crippen LogP contribution in [-0.4, -0.2) is 60.9 Å². The van der Waals surface area contributed by atoms with Gasteiger partial charge in [-0.15, -0.1) is 0 Å². The lowest BCUT2D eigenvalue weighted by Gasteiger charge is -2.36. The number of piperazine rings is 1. The molecule has 2 aliphatic rings. The topological polar surface area (TPSA) is 47.9 Å². The van der Waals surface area contributed by atoms with Gasteiger partial charge >= 0.3 is 0 Å². The molecule has 1 saturated heterocycles. The van der Waals surface area contributed by atoms with Crippen LogP contribution >= 0.6 is 0 Å². The summed E-state index contributed by atoms with van der Waals surface area (Å²) in [6.45, 7) is 11.3. The van der Waals surface area contributed by atoms with Crippen molar-refractivity contribution in [2.75, 3.05) is 39.3 Å². The monoisotopic (exact) mass is 308 g/mol. The van der Waals surface area contributed by atoms with Crippen LogP contribution in [-0.2, 0) is 4.79 Å². The van der Waals surface area contributed by atoms with Gasteiger partial charge in [-0.3, -0.25) is 9.79 Å².